The molecular formula is C17H28N2O2. The SMILES string of the molecule is CCCNCc1ccc(OC)c(CN2CCOC(C)C2)c1. The summed E-state index contributed by atoms with van der Waals surface area (Å²) in [4.78, 5) is 2.44. The maximum Gasteiger partial charge on any atom is 0.123 e. The first-order valence-electron chi connectivity index (χ1n) is 7.93. The summed E-state index contributed by atoms with van der Waals surface area (Å²) in [5.41, 5.74) is 2.59. The predicted molar refractivity (Wildman–Crippen MR) is 85.7 cm³/mol. The molecule has 0 saturated carbocycles. The largest absolute Gasteiger partial charge is 0.496 e. The minimum absolute atomic E-state index is 0.319. The Kier molecular flexibility index (Phi) is 6.49. The summed E-state index contributed by atoms with van der Waals surface area (Å²) in [7, 11) is 1.75. The van der Waals surface area contributed by atoms with Crippen molar-refractivity contribution in [2.75, 3.05) is 33.4 Å². The van der Waals surface area contributed by atoms with Gasteiger partial charge < -0.3 is 14.8 Å². The van der Waals surface area contributed by atoms with Crippen LogP contribution in [0.5, 0.6) is 5.75 Å². The summed E-state index contributed by atoms with van der Waals surface area (Å²) < 4.78 is 11.1. The summed E-state index contributed by atoms with van der Waals surface area (Å²) in [6, 6.07) is 6.50. The monoisotopic (exact) mass is 292 g/mol. The van der Waals surface area contributed by atoms with Crippen molar-refractivity contribution in [1.29, 1.82) is 0 Å². The highest BCUT2D eigenvalue weighted by atomic mass is 16.5. The molecule has 4 nitrogen and oxygen atoms in total. The molecule has 1 fully saturated rings. The standard InChI is InChI=1S/C17H28N2O2/c1-4-7-18-11-15-5-6-17(20-3)16(10-15)13-19-8-9-21-14(2)12-19/h5-6,10,14,18H,4,7-9,11-13H2,1-3H3. The Morgan fingerprint density at radius 1 is 1.43 bits per heavy atom. The van der Waals surface area contributed by atoms with Crippen molar-refractivity contribution >= 4 is 0 Å². The zero-order valence-electron chi connectivity index (χ0n) is 13.5. The van der Waals surface area contributed by atoms with Crippen LogP contribution in [0.4, 0.5) is 0 Å². The first-order valence-corrected chi connectivity index (χ1v) is 7.93. The van der Waals surface area contributed by atoms with E-state index in [9.17, 15) is 0 Å². The highest BCUT2D eigenvalue weighted by molar-refractivity contribution is 5.37. The first-order chi connectivity index (χ1) is 10.2. The molecule has 1 heterocycles. The summed E-state index contributed by atoms with van der Waals surface area (Å²) in [5.74, 6) is 0.980. The maximum atomic E-state index is 5.61. The van der Waals surface area contributed by atoms with Crippen LogP contribution >= 0.6 is 0 Å². The van der Waals surface area contributed by atoms with E-state index in [1.807, 2.05) is 0 Å². The van der Waals surface area contributed by atoms with Gasteiger partial charge in [0.25, 0.3) is 0 Å². The summed E-state index contributed by atoms with van der Waals surface area (Å²) >= 11 is 0. The minimum atomic E-state index is 0.319. The zero-order chi connectivity index (χ0) is 15.1. The Balaban J connectivity index is 2.02. The summed E-state index contributed by atoms with van der Waals surface area (Å²) in [6.45, 7) is 10.0. The molecule has 4 heteroatoms. The van der Waals surface area contributed by atoms with Gasteiger partial charge in [-0.15, -0.1) is 0 Å². The smallest absolute Gasteiger partial charge is 0.123 e. The van der Waals surface area contributed by atoms with E-state index in [0.29, 0.717) is 6.10 Å². The number of nitrogens with zero attached hydrogens (tertiary/aromatic N) is 1. The molecule has 1 aromatic carbocycles. The minimum Gasteiger partial charge on any atom is -0.496 e. The van der Waals surface area contributed by atoms with Crippen molar-refractivity contribution in [3.63, 3.8) is 0 Å². The van der Waals surface area contributed by atoms with Gasteiger partial charge in [0.2, 0.25) is 0 Å². The Labute approximate surface area is 128 Å². The van der Waals surface area contributed by atoms with Crippen LogP contribution in [-0.4, -0.2) is 44.4 Å². The third kappa shape index (κ3) is 4.99. The summed E-state index contributed by atoms with van der Waals surface area (Å²) in [6.07, 6.45) is 1.48. The number of methoxy groups -OCH3 is 1. The van der Waals surface area contributed by atoms with Crippen molar-refractivity contribution in [1.82, 2.24) is 10.2 Å². The molecule has 1 saturated heterocycles. The van der Waals surface area contributed by atoms with Gasteiger partial charge in [-0.05, 0) is 37.6 Å². The average molecular weight is 292 g/mol. The highest BCUT2D eigenvalue weighted by Gasteiger charge is 2.18. The molecule has 21 heavy (non-hydrogen) atoms. The normalized spacial score (nSPS) is 19.7. The van der Waals surface area contributed by atoms with Gasteiger partial charge in [-0.3, -0.25) is 4.90 Å². The van der Waals surface area contributed by atoms with E-state index in [1.54, 1.807) is 7.11 Å². The molecular weight excluding hydrogens is 264 g/mol. The second-order valence-electron chi connectivity index (χ2n) is 5.74. The van der Waals surface area contributed by atoms with Gasteiger partial charge >= 0.3 is 0 Å². The van der Waals surface area contributed by atoms with Crippen LogP contribution in [0.15, 0.2) is 18.2 Å². The predicted octanol–water partition coefficient (Wildman–Crippen LogP) is 2.42. The fraction of sp³-hybridized carbons (Fsp3) is 0.647. The molecule has 0 aromatic heterocycles. The van der Waals surface area contributed by atoms with Crippen molar-refractivity contribution in [2.24, 2.45) is 0 Å². The van der Waals surface area contributed by atoms with Crippen LogP contribution in [-0.2, 0) is 17.8 Å². The topological polar surface area (TPSA) is 33.7 Å². The molecule has 0 aliphatic carbocycles. The van der Waals surface area contributed by atoms with Gasteiger partial charge in [0.05, 0.1) is 19.8 Å². The molecule has 0 radical (unpaired) electrons. The lowest BCUT2D eigenvalue weighted by atomic mass is 10.1. The van der Waals surface area contributed by atoms with Gasteiger partial charge in [-0.1, -0.05) is 13.0 Å². The Morgan fingerprint density at radius 2 is 2.29 bits per heavy atom. The number of morpholine rings is 1. The molecule has 2 rings (SSSR count). The number of benzene rings is 1. The third-order valence-electron chi connectivity index (χ3n) is 3.82. The van der Waals surface area contributed by atoms with Crippen molar-refractivity contribution < 1.29 is 9.47 Å². The van der Waals surface area contributed by atoms with Crippen molar-refractivity contribution in [3.05, 3.63) is 29.3 Å². The molecule has 1 aromatic rings. The highest BCUT2D eigenvalue weighted by Crippen LogP contribution is 2.22. The number of hydrogen-bond acceptors (Lipinski definition) is 4. The lowest BCUT2D eigenvalue weighted by molar-refractivity contribution is -0.0214. The van der Waals surface area contributed by atoms with Crippen molar-refractivity contribution in [2.45, 2.75) is 39.5 Å². The van der Waals surface area contributed by atoms with E-state index in [1.165, 1.54) is 11.1 Å². The molecule has 0 amide bonds. The third-order valence-corrected chi connectivity index (χ3v) is 3.82. The molecule has 1 atom stereocenters. The van der Waals surface area contributed by atoms with Crippen LogP contribution in [0, 0.1) is 0 Å². The van der Waals surface area contributed by atoms with E-state index < -0.39 is 0 Å². The van der Waals surface area contributed by atoms with Crippen LogP contribution in [0.2, 0.25) is 0 Å². The molecule has 118 valence electrons. The molecule has 1 unspecified atom stereocenters. The second-order valence-corrected chi connectivity index (χ2v) is 5.74. The average Bonchev–Trinajstić information content (AvgIpc) is 2.48. The van der Waals surface area contributed by atoms with Crippen LogP contribution in [0.25, 0.3) is 0 Å². The van der Waals surface area contributed by atoms with Crippen LogP contribution in [0.3, 0.4) is 0 Å². The molecule has 1 N–H and O–H groups in total. The number of rotatable bonds is 7. The molecule has 0 bridgehead atoms. The molecule has 1 aliphatic rings. The Bertz CT molecular complexity index is 437. The fourth-order valence-electron chi connectivity index (χ4n) is 2.75. The molecule has 0 spiro atoms. The lowest BCUT2D eigenvalue weighted by Gasteiger charge is -2.31. The maximum absolute atomic E-state index is 5.61. The second kappa shape index (κ2) is 8.37. The number of ether oxygens (including phenoxy) is 2. The van der Waals surface area contributed by atoms with Crippen LogP contribution in [0.1, 0.15) is 31.4 Å². The van der Waals surface area contributed by atoms with E-state index in [0.717, 1.165) is 51.5 Å². The van der Waals surface area contributed by atoms with Gasteiger partial charge in [0, 0.05) is 31.7 Å². The van der Waals surface area contributed by atoms with Gasteiger partial charge in [0.15, 0.2) is 0 Å². The number of nitrogens with one attached hydrogen (secondary N) is 1. The van der Waals surface area contributed by atoms with Gasteiger partial charge in [0.1, 0.15) is 5.75 Å². The number of hydrogen-bond donors (Lipinski definition) is 1. The first kappa shape index (κ1) is 16.3. The zero-order valence-corrected chi connectivity index (χ0v) is 13.5. The van der Waals surface area contributed by atoms with Gasteiger partial charge in [-0.25, -0.2) is 0 Å². The lowest BCUT2D eigenvalue weighted by Crippen LogP contribution is -2.40. The van der Waals surface area contributed by atoms with Crippen molar-refractivity contribution in [3.8, 4) is 5.75 Å². The molecule has 1 aliphatic heterocycles. The van der Waals surface area contributed by atoms with E-state index in [4.69, 9.17) is 9.47 Å². The Hall–Kier alpha value is -1.10. The van der Waals surface area contributed by atoms with Gasteiger partial charge in [-0.2, -0.15) is 0 Å². The quantitative estimate of drug-likeness (QED) is 0.783. The van der Waals surface area contributed by atoms with E-state index >= 15 is 0 Å². The van der Waals surface area contributed by atoms with E-state index in [-0.39, 0.29) is 0 Å². The fourth-order valence-corrected chi connectivity index (χ4v) is 2.75. The van der Waals surface area contributed by atoms with E-state index in [2.05, 4.69) is 42.3 Å². The van der Waals surface area contributed by atoms with Crippen LogP contribution < -0.4 is 10.1 Å². The summed E-state index contributed by atoms with van der Waals surface area (Å²) in [5, 5.41) is 3.45. The Morgan fingerprint density at radius 3 is 3.00 bits per heavy atom.